The van der Waals surface area contributed by atoms with Crippen molar-refractivity contribution in [3.63, 3.8) is 0 Å². The molecule has 2 heteroatoms. The molecule has 2 nitrogen and oxygen atoms in total. The second-order valence-corrected chi connectivity index (χ2v) is 3.32. The van der Waals surface area contributed by atoms with Crippen molar-refractivity contribution in [1.82, 2.24) is 0 Å². The van der Waals surface area contributed by atoms with Crippen LogP contribution >= 0.6 is 0 Å². The highest BCUT2D eigenvalue weighted by Gasteiger charge is 2.19. The number of hydrogen-bond donors (Lipinski definition) is 0. The summed E-state index contributed by atoms with van der Waals surface area (Å²) in [5.74, 6) is 2.19. The topological polar surface area (TPSA) is 18.5 Å². The van der Waals surface area contributed by atoms with E-state index in [1.54, 1.807) is 7.11 Å². The van der Waals surface area contributed by atoms with E-state index in [0.29, 0.717) is 12.5 Å². The van der Waals surface area contributed by atoms with E-state index in [1.807, 2.05) is 18.2 Å². The third-order valence-corrected chi connectivity index (χ3v) is 2.28. The minimum absolute atomic E-state index is 0.337. The summed E-state index contributed by atoms with van der Waals surface area (Å²) in [4.78, 5) is 0. The highest BCUT2D eigenvalue weighted by molar-refractivity contribution is 5.46. The van der Waals surface area contributed by atoms with Gasteiger partial charge in [-0.3, -0.25) is 0 Å². The maximum absolute atomic E-state index is 5.54. The molecule has 69 valence electrons. The lowest BCUT2D eigenvalue weighted by molar-refractivity contribution is 0.243. The van der Waals surface area contributed by atoms with E-state index in [1.165, 1.54) is 0 Å². The fourth-order valence-electron chi connectivity index (χ4n) is 1.63. The molecule has 0 bridgehead atoms. The average molecular weight is 177 g/mol. The largest absolute Gasteiger partial charge is 0.496 e. The molecule has 0 aromatic heterocycles. The van der Waals surface area contributed by atoms with Gasteiger partial charge in [-0.05, 0) is 31.4 Å². The molecule has 0 N–H and O–H groups in total. The van der Waals surface area contributed by atoms with Crippen LogP contribution in [0.3, 0.4) is 0 Å². The van der Waals surface area contributed by atoms with Crippen molar-refractivity contribution in [2.45, 2.75) is 6.42 Å². The van der Waals surface area contributed by atoms with Crippen LogP contribution in [0.5, 0.6) is 11.5 Å². The molecule has 1 aromatic carbocycles. The molecule has 0 saturated heterocycles. The van der Waals surface area contributed by atoms with Gasteiger partial charge in [0.2, 0.25) is 0 Å². The van der Waals surface area contributed by atoms with E-state index in [9.17, 15) is 0 Å². The van der Waals surface area contributed by atoms with Crippen molar-refractivity contribution in [3.05, 3.63) is 30.7 Å². The lowest BCUT2D eigenvalue weighted by atomic mass is 9.98. The number of benzene rings is 1. The average Bonchev–Trinajstić information content (AvgIpc) is 2.17. The summed E-state index contributed by atoms with van der Waals surface area (Å²) >= 11 is 0. The lowest BCUT2D eigenvalue weighted by Crippen LogP contribution is -2.18. The van der Waals surface area contributed by atoms with Gasteiger partial charge in [-0.2, -0.15) is 0 Å². The Morgan fingerprint density at radius 3 is 3.15 bits per heavy atom. The third-order valence-electron chi connectivity index (χ3n) is 2.28. The van der Waals surface area contributed by atoms with Crippen LogP contribution in [0.25, 0.3) is 0 Å². The van der Waals surface area contributed by atoms with Gasteiger partial charge in [0.15, 0.2) is 0 Å². The summed E-state index contributed by atoms with van der Waals surface area (Å²) < 4.78 is 10.8. The number of hydrogen-bond acceptors (Lipinski definition) is 2. The van der Waals surface area contributed by atoms with Gasteiger partial charge in [-0.15, -0.1) is 0 Å². The van der Waals surface area contributed by atoms with Crippen molar-refractivity contribution >= 4 is 0 Å². The Bertz CT molecular complexity index is 293. The zero-order valence-corrected chi connectivity index (χ0v) is 7.75. The molecule has 1 aliphatic rings. The molecular weight excluding hydrogens is 164 g/mol. The van der Waals surface area contributed by atoms with Gasteiger partial charge in [0, 0.05) is 5.56 Å². The summed E-state index contributed by atoms with van der Waals surface area (Å²) in [5.41, 5.74) is 1.15. The van der Waals surface area contributed by atoms with Crippen LogP contribution in [-0.2, 0) is 6.42 Å². The Balaban J connectivity index is 2.41. The molecule has 2 rings (SSSR count). The Morgan fingerprint density at radius 2 is 2.38 bits per heavy atom. The van der Waals surface area contributed by atoms with Crippen molar-refractivity contribution in [2.75, 3.05) is 13.7 Å². The Labute approximate surface area is 78.5 Å². The van der Waals surface area contributed by atoms with E-state index in [4.69, 9.17) is 9.47 Å². The molecule has 1 heterocycles. The molecule has 0 amide bonds. The van der Waals surface area contributed by atoms with Crippen LogP contribution in [-0.4, -0.2) is 13.7 Å². The van der Waals surface area contributed by atoms with Gasteiger partial charge in [0.05, 0.1) is 13.7 Å². The molecule has 1 unspecified atom stereocenters. The zero-order chi connectivity index (χ0) is 9.26. The van der Waals surface area contributed by atoms with Crippen LogP contribution in [0, 0.1) is 12.8 Å². The van der Waals surface area contributed by atoms with Gasteiger partial charge in [-0.1, -0.05) is 6.07 Å². The zero-order valence-electron chi connectivity index (χ0n) is 7.75. The van der Waals surface area contributed by atoms with Crippen molar-refractivity contribution in [1.29, 1.82) is 0 Å². The van der Waals surface area contributed by atoms with Crippen LogP contribution in [0.15, 0.2) is 18.2 Å². The van der Waals surface area contributed by atoms with Gasteiger partial charge < -0.3 is 9.47 Å². The van der Waals surface area contributed by atoms with E-state index >= 15 is 0 Å². The maximum atomic E-state index is 5.54. The SMILES string of the molecule is [CH2]C1COc2cccc(OC)c2C1. The van der Waals surface area contributed by atoms with Crippen LogP contribution in [0.2, 0.25) is 0 Å². The summed E-state index contributed by atoms with van der Waals surface area (Å²) in [6.07, 6.45) is 0.944. The Kier molecular flexibility index (Phi) is 2.13. The lowest BCUT2D eigenvalue weighted by Gasteiger charge is -2.23. The monoisotopic (exact) mass is 177 g/mol. The first-order valence-corrected chi connectivity index (χ1v) is 4.43. The molecule has 1 aliphatic heterocycles. The van der Waals surface area contributed by atoms with Gasteiger partial charge in [-0.25, -0.2) is 0 Å². The van der Waals surface area contributed by atoms with Gasteiger partial charge in [0.1, 0.15) is 11.5 Å². The quantitative estimate of drug-likeness (QED) is 0.654. The van der Waals surface area contributed by atoms with Crippen LogP contribution in [0.4, 0.5) is 0 Å². The van der Waals surface area contributed by atoms with Crippen molar-refractivity contribution in [3.8, 4) is 11.5 Å². The molecular formula is C11H13O2. The predicted molar refractivity (Wildman–Crippen MR) is 51.0 cm³/mol. The van der Waals surface area contributed by atoms with E-state index in [-0.39, 0.29) is 0 Å². The third kappa shape index (κ3) is 1.48. The normalized spacial score (nSPS) is 20.3. The number of ether oxygens (including phenoxy) is 2. The van der Waals surface area contributed by atoms with Crippen LogP contribution < -0.4 is 9.47 Å². The molecule has 1 aromatic rings. The number of rotatable bonds is 1. The first kappa shape index (κ1) is 8.42. The fraction of sp³-hybridized carbons (Fsp3) is 0.364. The molecule has 0 aliphatic carbocycles. The number of methoxy groups -OCH3 is 1. The van der Waals surface area contributed by atoms with E-state index < -0.39 is 0 Å². The maximum Gasteiger partial charge on any atom is 0.126 e. The minimum atomic E-state index is 0.337. The highest BCUT2D eigenvalue weighted by atomic mass is 16.5. The standard InChI is InChI=1S/C11H13O2/c1-8-6-9-10(12-2)4-3-5-11(9)13-7-8/h3-5,8H,1,6-7H2,2H3. The first-order chi connectivity index (χ1) is 6.31. The molecule has 0 fully saturated rings. The Hall–Kier alpha value is -1.18. The smallest absolute Gasteiger partial charge is 0.126 e. The molecule has 0 saturated carbocycles. The summed E-state index contributed by atoms with van der Waals surface area (Å²) in [6, 6.07) is 5.88. The van der Waals surface area contributed by atoms with Crippen molar-refractivity contribution in [2.24, 2.45) is 5.92 Å². The second-order valence-electron chi connectivity index (χ2n) is 3.32. The summed E-state index contributed by atoms with van der Waals surface area (Å²) in [7, 11) is 1.68. The highest BCUT2D eigenvalue weighted by Crippen LogP contribution is 2.33. The van der Waals surface area contributed by atoms with Crippen LogP contribution in [0.1, 0.15) is 5.56 Å². The predicted octanol–water partition coefficient (Wildman–Crippen LogP) is 2.08. The Morgan fingerprint density at radius 1 is 1.54 bits per heavy atom. The fourth-order valence-corrected chi connectivity index (χ4v) is 1.63. The number of fused-ring (bicyclic) bond motifs is 1. The van der Waals surface area contributed by atoms with E-state index in [2.05, 4.69) is 6.92 Å². The summed E-state index contributed by atoms with van der Waals surface area (Å²) in [5, 5.41) is 0. The van der Waals surface area contributed by atoms with E-state index in [0.717, 1.165) is 23.5 Å². The molecule has 1 atom stereocenters. The first-order valence-electron chi connectivity index (χ1n) is 4.43. The van der Waals surface area contributed by atoms with Gasteiger partial charge in [0.25, 0.3) is 0 Å². The molecule has 1 radical (unpaired) electrons. The van der Waals surface area contributed by atoms with Gasteiger partial charge >= 0.3 is 0 Å². The second kappa shape index (κ2) is 3.29. The minimum Gasteiger partial charge on any atom is -0.496 e. The molecule has 13 heavy (non-hydrogen) atoms. The van der Waals surface area contributed by atoms with Crippen molar-refractivity contribution < 1.29 is 9.47 Å². The molecule has 0 spiro atoms. The summed E-state index contributed by atoms with van der Waals surface area (Å²) in [6.45, 7) is 4.70.